The van der Waals surface area contributed by atoms with Crippen LogP contribution in [0.15, 0.2) is 54.7 Å². The first-order valence-corrected chi connectivity index (χ1v) is 9.03. The lowest BCUT2D eigenvalue weighted by Crippen LogP contribution is -2.14. The fourth-order valence-corrected chi connectivity index (χ4v) is 2.79. The van der Waals surface area contributed by atoms with Gasteiger partial charge in [-0.05, 0) is 43.7 Å². The Labute approximate surface area is 162 Å². The van der Waals surface area contributed by atoms with Crippen LogP contribution in [0.4, 0.5) is 0 Å². The Balaban J connectivity index is 1.38. The van der Waals surface area contributed by atoms with Crippen LogP contribution in [-0.2, 0) is 9.53 Å². The number of carbonyl (C=O) groups is 3. The van der Waals surface area contributed by atoms with Crippen molar-refractivity contribution in [2.75, 3.05) is 13.2 Å². The fraction of sp³-hybridized carbons (Fsp3) is 0.227. The number of esters is 1. The van der Waals surface area contributed by atoms with Gasteiger partial charge in [0, 0.05) is 34.6 Å². The minimum atomic E-state index is -0.441. The molecule has 0 aliphatic carbocycles. The van der Waals surface area contributed by atoms with E-state index in [2.05, 4.69) is 4.98 Å². The molecule has 0 spiro atoms. The minimum Gasteiger partial charge on any atom is -0.494 e. The summed E-state index contributed by atoms with van der Waals surface area (Å²) in [5.41, 5.74) is 2.00. The van der Waals surface area contributed by atoms with Crippen LogP contribution in [0.2, 0.25) is 0 Å². The number of hydrogen-bond acceptors (Lipinski definition) is 5. The van der Waals surface area contributed by atoms with Crippen LogP contribution >= 0.6 is 0 Å². The predicted molar refractivity (Wildman–Crippen MR) is 105 cm³/mol. The number of ether oxygens (including phenoxy) is 2. The van der Waals surface area contributed by atoms with E-state index in [0.717, 1.165) is 10.9 Å². The van der Waals surface area contributed by atoms with E-state index in [9.17, 15) is 14.4 Å². The monoisotopic (exact) mass is 379 g/mol. The fourth-order valence-electron chi connectivity index (χ4n) is 2.79. The lowest BCUT2D eigenvalue weighted by molar-refractivity contribution is -0.142. The number of carbonyl (C=O) groups excluding carboxylic acids is 3. The molecule has 0 aliphatic heterocycles. The molecule has 0 saturated carbocycles. The normalized spacial score (nSPS) is 10.6. The molecule has 3 aromatic rings. The van der Waals surface area contributed by atoms with E-state index in [0.29, 0.717) is 29.9 Å². The summed E-state index contributed by atoms with van der Waals surface area (Å²) in [6.07, 6.45) is 2.26. The van der Waals surface area contributed by atoms with Gasteiger partial charge in [0.05, 0.1) is 6.61 Å². The van der Waals surface area contributed by atoms with E-state index < -0.39 is 5.97 Å². The zero-order valence-corrected chi connectivity index (χ0v) is 15.6. The van der Waals surface area contributed by atoms with Crippen molar-refractivity contribution in [1.82, 2.24) is 4.98 Å². The highest BCUT2D eigenvalue weighted by atomic mass is 16.5. The summed E-state index contributed by atoms with van der Waals surface area (Å²) in [7, 11) is 0. The Morgan fingerprint density at radius 2 is 1.75 bits per heavy atom. The van der Waals surface area contributed by atoms with Gasteiger partial charge in [0.2, 0.25) is 5.78 Å². The van der Waals surface area contributed by atoms with Gasteiger partial charge < -0.3 is 14.5 Å². The molecule has 6 heteroatoms. The zero-order chi connectivity index (χ0) is 19.9. The number of aromatic nitrogens is 1. The third-order valence-electron chi connectivity index (χ3n) is 4.31. The summed E-state index contributed by atoms with van der Waals surface area (Å²) >= 11 is 0. The van der Waals surface area contributed by atoms with Gasteiger partial charge in [-0.3, -0.25) is 14.4 Å². The molecule has 3 rings (SSSR count). The second-order valence-corrected chi connectivity index (χ2v) is 6.36. The standard InChI is InChI=1S/C22H21NO5/c1-15(24)16-8-10-17(11-9-16)27-12-4-7-22(26)28-14-21(25)19-13-23-20-6-3-2-5-18(19)20/h2-3,5-6,8-11,13,23H,4,7,12,14H2,1H3. The largest absolute Gasteiger partial charge is 0.494 e. The van der Waals surface area contributed by atoms with E-state index in [-0.39, 0.29) is 24.6 Å². The molecule has 1 aromatic heterocycles. The van der Waals surface area contributed by atoms with Crippen molar-refractivity contribution < 1.29 is 23.9 Å². The molecule has 6 nitrogen and oxygen atoms in total. The highest BCUT2D eigenvalue weighted by Crippen LogP contribution is 2.18. The predicted octanol–water partition coefficient (Wildman–Crippen LogP) is 3.96. The molecule has 0 unspecified atom stereocenters. The Morgan fingerprint density at radius 3 is 2.50 bits per heavy atom. The summed E-state index contributed by atoms with van der Waals surface area (Å²) in [5.74, 6) is -0.0549. The summed E-state index contributed by atoms with van der Waals surface area (Å²) < 4.78 is 10.6. The second kappa shape index (κ2) is 8.99. The number of H-pyrrole nitrogens is 1. The molecule has 0 saturated heterocycles. The summed E-state index contributed by atoms with van der Waals surface area (Å²) in [6, 6.07) is 14.3. The van der Waals surface area contributed by atoms with Crippen LogP contribution in [0.3, 0.4) is 0 Å². The third-order valence-corrected chi connectivity index (χ3v) is 4.31. The first-order chi connectivity index (χ1) is 13.5. The average molecular weight is 379 g/mol. The van der Waals surface area contributed by atoms with Gasteiger partial charge >= 0.3 is 5.97 Å². The van der Waals surface area contributed by atoms with Crippen molar-refractivity contribution in [2.45, 2.75) is 19.8 Å². The molecule has 28 heavy (non-hydrogen) atoms. The first kappa shape index (κ1) is 19.4. The van der Waals surface area contributed by atoms with Crippen LogP contribution in [0, 0.1) is 0 Å². The maximum absolute atomic E-state index is 12.3. The number of ketones is 2. The SMILES string of the molecule is CC(=O)c1ccc(OCCCC(=O)OCC(=O)c2c[nH]c3ccccc23)cc1. The van der Waals surface area contributed by atoms with Crippen LogP contribution in [0.1, 0.15) is 40.5 Å². The highest BCUT2D eigenvalue weighted by molar-refractivity contribution is 6.08. The van der Waals surface area contributed by atoms with Gasteiger partial charge in [0.1, 0.15) is 5.75 Å². The molecule has 144 valence electrons. The quantitative estimate of drug-likeness (QED) is 0.346. The Kier molecular flexibility index (Phi) is 6.22. The molecule has 0 radical (unpaired) electrons. The molecular weight excluding hydrogens is 358 g/mol. The van der Waals surface area contributed by atoms with Crippen LogP contribution in [0.5, 0.6) is 5.75 Å². The molecule has 0 amide bonds. The van der Waals surface area contributed by atoms with Crippen LogP contribution < -0.4 is 4.74 Å². The van der Waals surface area contributed by atoms with Crippen molar-refractivity contribution in [3.05, 3.63) is 65.9 Å². The Morgan fingerprint density at radius 1 is 1.00 bits per heavy atom. The molecule has 1 heterocycles. The first-order valence-electron chi connectivity index (χ1n) is 9.03. The zero-order valence-electron chi connectivity index (χ0n) is 15.6. The number of hydrogen-bond donors (Lipinski definition) is 1. The van der Waals surface area contributed by atoms with E-state index >= 15 is 0 Å². The van der Waals surface area contributed by atoms with E-state index in [1.165, 1.54) is 6.92 Å². The smallest absolute Gasteiger partial charge is 0.306 e. The van der Waals surface area contributed by atoms with Crippen LogP contribution in [0.25, 0.3) is 10.9 Å². The Hall–Kier alpha value is -3.41. The molecule has 2 aromatic carbocycles. The molecular formula is C22H21NO5. The van der Waals surface area contributed by atoms with Gasteiger partial charge in [0.25, 0.3) is 0 Å². The summed E-state index contributed by atoms with van der Waals surface area (Å²) in [4.78, 5) is 38.4. The number of Topliss-reactive ketones (excluding diaryl/α,β-unsaturated/α-hetero) is 2. The van der Waals surface area contributed by atoms with E-state index in [1.807, 2.05) is 24.3 Å². The van der Waals surface area contributed by atoms with E-state index in [4.69, 9.17) is 9.47 Å². The molecule has 1 N–H and O–H groups in total. The summed E-state index contributed by atoms with van der Waals surface area (Å²) in [5, 5.41) is 0.813. The van der Waals surface area contributed by atoms with Gasteiger partial charge in [0.15, 0.2) is 12.4 Å². The summed E-state index contributed by atoms with van der Waals surface area (Å²) in [6.45, 7) is 1.56. The highest BCUT2D eigenvalue weighted by Gasteiger charge is 2.14. The van der Waals surface area contributed by atoms with E-state index in [1.54, 1.807) is 30.5 Å². The number of para-hydroxylation sites is 1. The van der Waals surface area contributed by atoms with Crippen molar-refractivity contribution in [3.63, 3.8) is 0 Å². The van der Waals surface area contributed by atoms with Gasteiger partial charge in [-0.15, -0.1) is 0 Å². The lowest BCUT2D eigenvalue weighted by atomic mass is 10.1. The number of fused-ring (bicyclic) bond motifs is 1. The molecule has 0 atom stereocenters. The lowest BCUT2D eigenvalue weighted by Gasteiger charge is -2.07. The molecule has 0 aliphatic rings. The molecule has 0 bridgehead atoms. The third kappa shape index (κ3) is 4.85. The maximum Gasteiger partial charge on any atom is 0.306 e. The maximum atomic E-state index is 12.3. The topological polar surface area (TPSA) is 85.5 Å². The molecule has 0 fully saturated rings. The number of aromatic amines is 1. The average Bonchev–Trinajstić information content (AvgIpc) is 3.14. The minimum absolute atomic E-state index is 0.00326. The number of rotatable bonds is 9. The second-order valence-electron chi connectivity index (χ2n) is 6.36. The Bertz CT molecular complexity index is 988. The number of benzene rings is 2. The van der Waals surface area contributed by atoms with Gasteiger partial charge in [-0.2, -0.15) is 0 Å². The van der Waals surface area contributed by atoms with Crippen molar-refractivity contribution >= 4 is 28.4 Å². The van der Waals surface area contributed by atoms with Crippen molar-refractivity contribution in [2.24, 2.45) is 0 Å². The van der Waals surface area contributed by atoms with Crippen molar-refractivity contribution in [3.8, 4) is 5.75 Å². The van der Waals surface area contributed by atoms with Crippen molar-refractivity contribution in [1.29, 1.82) is 0 Å². The number of nitrogens with one attached hydrogen (secondary N) is 1. The van der Waals surface area contributed by atoms with Gasteiger partial charge in [-0.1, -0.05) is 18.2 Å². The van der Waals surface area contributed by atoms with Gasteiger partial charge in [-0.25, -0.2) is 0 Å². The van der Waals surface area contributed by atoms with Crippen LogP contribution in [-0.4, -0.2) is 35.7 Å².